The molecule has 10 heteroatoms. The van der Waals surface area contributed by atoms with Gasteiger partial charge >= 0.3 is 0 Å². The molecule has 0 saturated heterocycles. The van der Waals surface area contributed by atoms with Gasteiger partial charge in [-0.15, -0.1) is 0 Å². The first-order chi connectivity index (χ1) is 21.1. The van der Waals surface area contributed by atoms with Crippen molar-refractivity contribution in [3.05, 3.63) is 89.5 Å². The maximum Gasteiger partial charge on any atom is 0.243 e. The van der Waals surface area contributed by atoms with Gasteiger partial charge in [-0.2, -0.15) is 0 Å². The highest BCUT2D eigenvalue weighted by atomic mass is 32.2. The third-order valence-electron chi connectivity index (χ3n) is 7.84. The van der Waals surface area contributed by atoms with Crippen molar-refractivity contribution in [1.29, 1.82) is 0 Å². The Hall–Kier alpha value is -4.05. The second-order valence-electron chi connectivity index (χ2n) is 11.2. The second-order valence-corrected chi connectivity index (χ2v) is 13.1. The molecule has 4 rings (SSSR count). The predicted molar refractivity (Wildman–Crippen MR) is 172 cm³/mol. The molecular weight excluding hydrogens is 578 g/mol. The van der Waals surface area contributed by atoms with Crippen molar-refractivity contribution in [3.8, 4) is 11.5 Å². The largest absolute Gasteiger partial charge is 0.486 e. The summed E-state index contributed by atoms with van der Waals surface area (Å²) in [5.41, 5.74) is 3.36. The van der Waals surface area contributed by atoms with Crippen molar-refractivity contribution in [3.63, 3.8) is 0 Å². The van der Waals surface area contributed by atoms with Crippen molar-refractivity contribution in [1.82, 2.24) is 10.2 Å². The van der Waals surface area contributed by atoms with Crippen LogP contribution < -0.4 is 19.1 Å². The maximum atomic E-state index is 14.1. The molecule has 236 valence electrons. The molecule has 3 aromatic rings. The van der Waals surface area contributed by atoms with E-state index in [-0.39, 0.29) is 43.8 Å². The van der Waals surface area contributed by atoms with Crippen LogP contribution in [0, 0.1) is 6.92 Å². The molecule has 44 heavy (non-hydrogen) atoms. The summed E-state index contributed by atoms with van der Waals surface area (Å²) in [4.78, 5) is 29.4. The SMILES string of the molecule is CC[C@@H](C)NC(=O)[C@@H](Cc1ccccc1)N(Cc1ccccc1C)C(=O)CCCN(c1ccc2c(c1)OCCO2)S(C)(=O)=O. The minimum absolute atomic E-state index is 0.0505. The lowest BCUT2D eigenvalue weighted by atomic mass is 10.0. The van der Waals surface area contributed by atoms with Crippen LogP contribution >= 0.6 is 0 Å². The minimum Gasteiger partial charge on any atom is -0.486 e. The van der Waals surface area contributed by atoms with Gasteiger partial charge in [-0.3, -0.25) is 13.9 Å². The monoisotopic (exact) mass is 621 g/mol. The Morgan fingerprint density at radius 2 is 1.64 bits per heavy atom. The van der Waals surface area contributed by atoms with Crippen LogP contribution in [0.2, 0.25) is 0 Å². The number of amides is 2. The molecule has 2 atom stereocenters. The average Bonchev–Trinajstić information content (AvgIpc) is 3.01. The molecule has 1 heterocycles. The lowest BCUT2D eigenvalue weighted by Gasteiger charge is -2.33. The number of hydrogen-bond donors (Lipinski definition) is 1. The average molecular weight is 622 g/mol. The number of carbonyl (C=O) groups excluding carboxylic acids is 2. The van der Waals surface area contributed by atoms with E-state index in [0.29, 0.717) is 36.8 Å². The zero-order valence-electron chi connectivity index (χ0n) is 26.0. The van der Waals surface area contributed by atoms with Crippen LogP contribution in [0.4, 0.5) is 5.69 Å². The molecule has 0 bridgehead atoms. The van der Waals surface area contributed by atoms with E-state index in [0.717, 1.165) is 29.4 Å². The molecule has 0 radical (unpaired) electrons. The molecule has 2 amide bonds. The smallest absolute Gasteiger partial charge is 0.243 e. The third-order valence-corrected chi connectivity index (χ3v) is 9.03. The fraction of sp³-hybridized carbons (Fsp3) is 0.412. The van der Waals surface area contributed by atoms with Crippen LogP contribution in [-0.4, -0.2) is 63.2 Å². The summed E-state index contributed by atoms with van der Waals surface area (Å²) in [5, 5.41) is 3.08. The maximum absolute atomic E-state index is 14.1. The number of aryl methyl sites for hydroxylation is 1. The van der Waals surface area contributed by atoms with Gasteiger partial charge < -0.3 is 19.7 Å². The van der Waals surface area contributed by atoms with Crippen molar-refractivity contribution >= 4 is 27.5 Å². The lowest BCUT2D eigenvalue weighted by Crippen LogP contribution is -2.52. The van der Waals surface area contributed by atoms with Crippen LogP contribution in [0.25, 0.3) is 0 Å². The van der Waals surface area contributed by atoms with Gasteiger partial charge in [-0.1, -0.05) is 61.5 Å². The van der Waals surface area contributed by atoms with E-state index in [2.05, 4.69) is 5.32 Å². The summed E-state index contributed by atoms with van der Waals surface area (Å²) in [6, 6.07) is 21.7. The summed E-state index contributed by atoms with van der Waals surface area (Å²) < 4.78 is 38.2. The Morgan fingerprint density at radius 1 is 0.955 bits per heavy atom. The molecule has 0 spiro atoms. The zero-order valence-corrected chi connectivity index (χ0v) is 26.8. The van der Waals surface area contributed by atoms with Gasteiger partial charge in [0.15, 0.2) is 11.5 Å². The number of nitrogens with zero attached hydrogens (tertiary/aromatic N) is 2. The fourth-order valence-corrected chi connectivity index (χ4v) is 6.11. The Labute approximate surface area is 261 Å². The Balaban J connectivity index is 1.59. The molecular formula is C34H43N3O6S. The van der Waals surface area contributed by atoms with Crippen molar-refractivity contribution in [2.24, 2.45) is 0 Å². The van der Waals surface area contributed by atoms with E-state index in [4.69, 9.17) is 9.47 Å². The van der Waals surface area contributed by atoms with Crippen molar-refractivity contribution in [2.75, 3.05) is 30.3 Å². The predicted octanol–water partition coefficient (Wildman–Crippen LogP) is 4.87. The van der Waals surface area contributed by atoms with Crippen LogP contribution in [0.3, 0.4) is 0 Å². The van der Waals surface area contributed by atoms with Gasteiger partial charge in [0.2, 0.25) is 21.8 Å². The molecule has 1 N–H and O–H groups in total. The molecule has 9 nitrogen and oxygen atoms in total. The number of benzene rings is 3. The molecule has 1 aliphatic rings. The Bertz CT molecular complexity index is 1530. The number of nitrogens with one attached hydrogen (secondary N) is 1. The van der Waals surface area contributed by atoms with Gasteiger partial charge in [0.25, 0.3) is 0 Å². The van der Waals surface area contributed by atoms with Gasteiger partial charge in [-0.25, -0.2) is 8.42 Å². The molecule has 0 fully saturated rings. The molecule has 3 aromatic carbocycles. The number of hydrogen-bond acceptors (Lipinski definition) is 6. The van der Waals surface area contributed by atoms with E-state index in [1.807, 2.05) is 75.4 Å². The Kier molecular flexibility index (Phi) is 11.3. The number of carbonyl (C=O) groups is 2. The number of ether oxygens (including phenoxy) is 2. The van der Waals surface area contributed by atoms with Crippen molar-refractivity contribution in [2.45, 2.75) is 65.1 Å². The number of fused-ring (bicyclic) bond motifs is 1. The van der Waals surface area contributed by atoms with Gasteiger partial charge in [0.1, 0.15) is 19.3 Å². The first-order valence-corrected chi connectivity index (χ1v) is 17.0. The summed E-state index contributed by atoms with van der Waals surface area (Å²) >= 11 is 0. The van der Waals surface area contributed by atoms with Gasteiger partial charge in [-0.05, 0) is 55.5 Å². The molecule has 0 saturated carbocycles. The Morgan fingerprint density at radius 3 is 2.32 bits per heavy atom. The standard InChI is InChI=1S/C34H43N3O6S/c1-5-26(3)35-34(39)30(22-27-13-7-6-8-14-27)36(24-28-15-10-9-12-25(28)2)33(38)16-11-19-37(44(4,40)41)29-17-18-31-32(23-29)43-21-20-42-31/h6-10,12-15,17-18,23,26,30H,5,11,16,19-22,24H2,1-4H3,(H,35,39)/t26-,30-/m1/s1. The highest BCUT2D eigenvalue weighted by molar-refractivity contribution is 7.92. The van der Waals surface area contributed by atoms with E-state index < -0.39 is 16.1 Å². The van der Waals surface area contributed by atoms with E-state index >= 15 is 0 Å². The van der Waals surface area contributed by atoms with Crippen LogP contribution in [-0.2, 0) is 32.6 Å². The minimum atomic E-state index is -3.66. The highest BCUT2D eigenvalue weighted by Crippen LogP contribution is 2.35. The van der Waals surface area contributed by atoms with Crippen molar-refractivity contribution < 1.29 is 27.5 Å². The molecule has 1 aliphatic heterocycles. The van der Waals surface area contributed by atoms with Gasteiger partial charge in [0, 0.05) is 38.0 Å². The summed E-state index contributed by atoms with van der Waals surface area (Å²) in [6.07, 6.45) is 2.58. The van der Waals surface area contributed by atoms with E-state index in [1.165, 1.54) is 4.31 Å². The zero-order chi connectivity index (χ0) is 31.7. The van der Waals surface area contributed by atoms with Crippen LogP contribution in [0.15, 0.2) is 72.8 Å². The fourth-order valence-electron chi connectivity index (χ4n) is 5.16. The second kappa shape index (κ2) is 15.1. The molecule has 0 aliphatic carbocycles. The summed E-state index contributed by atoms with van der Waals surface area (Å²) in [7, 11) is -3.66. The quantitative estimate of drug-likeness (QED) is 0.276. The number of anilines is 1. The molecule has 0 aromatic heterocycles. The molecule has 0 unspecified atom stereocenters. The summed E-state index contributed by atoms with van der Waals surface area (Å²) in [6.45, 7) is 7.10. The van der Waals surface area contributed by atoms with E-state index in [1.54, 1.807) is 23.1 Å². The van der Waals surface area contributed by atoms with Gasteiger partial charge in [0.05, 0.1) is 11.9 Å². The van der Waals surface area contributed by atoms with Crippen LogP contribution in [0.1, 0.15) is 49.8 Å². The van der Waals surface area contributed by atoms with E-state index in [9.17, 15) is 18.0 Å². The lowest BCUT2D eigenvalue weighted by molar-refractivity contribution is -0.141. The third kappa shape index (κ3) is 8.75. The number of sulfonamides is 1. The normalized spacial score (nSPS) is 13.9. The van der Waals surface area contributed by atoms with Crippen LogP contribution in [0.5, 0.6) is 11.5 Å². The first kappa shape index (κ1) is 32.9. The number of rotatable bonds is 14. The first-order valence-electron chi connectivity index (χ1n) is 15.1. The topological polar surface area (TPSA) is 105 Å². The highest BCUT2D eigenvalue weighted by Gasteiger charge is 2.31. The summed E-state index contributed by atoms with van der Waals surface area (Å²) in [5.74, 6) is 0.623.